The minimum atomic E-state index is -0.549. The van der Waals surface area contributed by atoms with Gasteiger partial charge in [0.2, 0.25) is 0 Å². The molecule has 29 heavy (non-hydrogen) atoms. The molecule has 150 valence electrons. The summed E-state index contributed by atoms with van der Waals surface area (Å²) in [5.41, 5.74) is 0.795. The molecule has 3 aromatic heterocycles. The number of ether oxygens (including phenoxy) is 2. The Morgan fingerprint density at radius 1 is 1.24 bits per heavy atom. The summed E-state index contributed by atoms with van der Waals surface area (Å²) in [6.07, 6.45) is 1.87. The van der Waals surface area contributed by atoms with Crippen molar-refractivity contribution in [3.05, 3.63) is 75.7 Å². The Morgan fingerprint density at radius 2 is 2.03 bits per heavy atom. The maximum absolute atomic E-state index is 13.3. The zero-order chi connectivity index (χ0) is 20.4. The van der Waals surface area contributed by atoms with Gasteiger partial charge in [-0.25, -0.2) is 9.79 Å². The fourth-order valence-electron chi connectivity index (χ4n) is 3.10. The molecule has 1 aliphatic heterocycles. The van der Waals surface area contributed by atoms with Gasteiger partial charge in [0.05, 0.1) is 22.4 Å². The van der Waals surface area contributed by atoms with Crippen LogP contribution in [0.1, 0.15) is 22.7 Å². The van der Waals surface area contributed by atoms with E-state index in [0.29, 0.717) is 27.2 Å². The second-order valence-electron chi connectivity index (χ2n) is 6.24. The molecule has 6 nitrogen and oxygen atoms in total. The van der Waals surface area contributed by atoms with E-state index in [9.17, 15) is 9.59 Å². The standard InChI is InChI=1S/C20H18N2O4S3/c1-12-16(19(24)26-8-7-25-2)17(14-6-4-10-28-14)22-18(23)15(29-20(22)21-12)11-13-5-3-9-27-13/h3-6,9-11,17H,7-8H2,1-2H3/b15-11+. The Balaban J connectivity index is 1.86. The normalized spacial score (nSPS) is 16.6. The number of hydrogen-bond donors (Lipinski definition) is 0. The molecule has 0 aromatic carbocycles. The highest BCUT2D eigenvalue weighted by Gasteiger charge is 2.33. The van der Waals surface area contributed by atoms with Crippen molar-refractivity contribution in [2.75, 3.05) is 20.3 Å². The first-order chi connectivity index (χ1) is 14.1. The highest BCUT2D eigenvalue weighted by atomic mass is 32.1. The number of fused-ring (bicyclic) bond motifs is 1. The van der Waals surface area contributed by atoms with Crippen molar-refractivity contribution in [2.24, 2.45) is 4.99 Å². The van der Waals surface area contributed by atoms with Crippen LogP contribution in [0.25, 0.3) is 6.08 Å². The van der Waals surface area contributed by atoms with Crippen molar-refractivity contribution in [2.45, 2.75) is 13.0 Å². The highest BCUT2D eigenvalue weighted by molar-refractivity contribution is 7.11. The zero-order valence-corrected chi connectivity index (χ0v) is 18.2. The fraction of sp³-hybridized carbons (Fsp3) is 0.250. The predicted molar refractivity (Wildman–Crippen MR) is 115 cm³/mol. The number of nitrogens with zero attached hydrogens (tertiary/aromatic N) is 2. The lowest BCUT2D eigenvalue weighted by atomic mass is 10.0. The third-order valence-electron chi connectivity index (χ3n) is 4.39. The number of carbonyl (C=O) groups excluding carboxylic acids is 1. The van der Waals surface area contributed by atoms with Crippen molar-refractivity contribution in [3.8, 4) is 0 Å². The molecule has 0 saturated heterocycles. The number of rotatable bonds is 6. The van der Waals surface area contributed by atoms with Gasteiger partial charge in [0, 0.05) is 16.9 Å². The van der Waals surface area contributed by atoms with Gasteiger partial charge in [-0.15, -0.1) is 22.7 Å². The van der Waals surface area contributed by atoms with Crippen LogP contribution in [0, 0.1) is 0 Å². The van der Waals surface area contributed by atoms with Crippen LogP contribution < -0.4 is 14.9 Å². The molecule has 0 N–H and O–H groups in total. The number of thiophene rings is 2. The van der Waals surface area contributed by atoms with Gasteiger partial charge in [0.1, 0.15) is 12.6 Å². The molecule has 1 unspecified atom stereocenters. The molecule has 0 amide bonds. The van der Waals surface area contributed by atoms with Gasteiger partial charge >= 0.3 is 5.97 Å². The maximum Gasteiger partial charge on any atom is 0.338 e. The predicted octanol–water partition coefficient (Wildman–Crippen LogP) is 2.55. The van der Waals surface area contributed by atoms with Gasteiger partial charge in [-0.1, -0.05) is 23.5 Å². The van der Waals surface area contributed by atoms with E-state index in [-0.39, 0.29) is 12.2 Å². The summed E-state index contributed by atoms with van der Waals surface area (Å²) >= 11 is 4.40. The second kappa shape index (κ2) is 8.58. The monoisotopic (exact) mass is 446 g/mol. The zero-order valence-electron chi connectivity index (χ0n) is 15.8. The van der Waals surface area contributed by atoms with Crippen LogP contribution in [0.5, 0.6) is 0 Å². The van der Waals surface area contributed by atoms with E-state index in [0.717, 1.165) is 9.75 Å². The first kappa shape index (κ1) is 20.0. The summed E-state index contributed by atoms with van der Waals surface area (Å²) in [5, 5.41) is 3.90. The van der Waals surface area contributed by atoms with Crippen LogP contribution in [0.15, 0.2) is 56.1 Å². The van der Waals surface area contributed by atoms with Crippen LogP contribution in [0.2, 0.25) is 0 Å². The molecule has 9 heteroatoms. The molecule has 0 aliphatic carbocycles. The molecule has 0 radical (unpaired) electrons. The number of esters is 1. The fourth-order valence-corrected chi connectivity index (χ4v) is 5.69. The van der Waals surface area contributed by atoms with Crippen LogP contribution in [-0.4, -0.2) is 30.9 Å². The van der Waals surface area contributed by atoms with E-state index in [4.69, 9.17) is 9.47 Å². The SMILES string of the molecule is COCCOC(=O)C1=C(C)N=c2s/c(=C/c3cccs3)c(=O)n2C1c1cccs1. The van der Waals surface area contributed by atoms with Crippen LogP contribution >= 0.6 is 34.0 Å². The van der Waals surface area contributed by atoms with Crippen molar-refractivity contribution >= 4 is 46.1 Å². The Kier molecular flexibility index (Phi) is 5.91. The maximum atomic E-state index is 13.3. The first-order valence-corrected chi connectivity index (χ1v) is 11.4. The molecule has 0 bridgehead atoms. The lowest BCUT2D eigenvalue weighted by molar-refractivity contribution is -0.140. The molecule has 4 rings (SSSR count). The third kappa shape index (κ3) is 3.91. The average molecular weight is 447 g/mol. The molecule has 4 heterocycles. The van der Waals surface area contributed by atoms with Gasteiger partial charge < -0.3 is 9.47 Å². The lowest BCUT2D eigenvalue weighted by Gasteiger charge is -2.23. The summed E-state index contributed by atoms with van der Waals surface area (Å²) in [7, 11) is 1.55. The second-order valence-corrected chi connectivity index (χ2v) is 9.21. The number of thiazole rings is 1. The summed E-state index contributed by atoms with van der Waals surface area (Å²) < 4.78 is 12.5. The minimum absolute atomic E-state index is 0.145. The number of carbonyl (C=O) groups is 1. The number of allylic oxidation sites excluding steroid dienone is 1. The Bertz CT molecular complexity index is 1220. The number of methoxy groups -OCH3 is 1. The van der Waals surface area contributed by atoms with Gasteiger partial charge in [-0.05, 0) is 35.9 Å². The van der Waals surface area contributed by atoms with Crippen molar-refractivity contribution < 1.29 is 14.3 Å². The van der Waals surface area contributed by atoms with Crippen LogP contribution in [0.4, 0.5) is 0 Å². The van der Waals surface area contributed by atoms with Crippen molar-refractivity contribution in [1.29, 1.82) is 0 Å². The largest absolute Gasteiger partial charge is 0.460 e. The molecule has 0 fully saturated rings. The van der Waals surface area contributed by atoms with Gasteiger partial charge in [-0.3, -0.25) is 9.36 Å². The Hall–Kier alpha value is -2.33. The molecule has 1 atom stereocenters. The highest BCUT2D eigenvalue weighted by Crippen LogP contribution is 2.33. The van der Waals surface area contributed by atoms with Crippen LogP contribution in [-0.2, 0) is 14.3 Å². The average Bonchev–Trinajstić information content (AvgIpc) is 3.44. The summed E-state index contributed by atoms with van der Waals surface area (Å²) in [6.45, 7) is 2.23. The molecule has 3 aromatic rings. The summed E-state index contributed by atoms with van der Waals surface area (Å²) in [6, 6.07) is 7.19. The van der Waals surface area contributed by atoms with E-state index in [1.165, 1.54) is 22.7 Å². The molecule has 1 aliphatic rings. The van der Waals surface area contributed by atoms with E-state index in [2.05, 4.69) is 4.99 Å². The molecular weight excluding hydrogens is 428 g/mol. The van der Waals surface area contributed by atoms with Gasteiger partial charge in [0.25, 0.3) is 5.56 Å². The van der Waals surface area contributed by atoms with E-state index < -0.39 is 12.0 Å². The van der Waals surface area contributed by atoms with Crippen molar-refractivity contribution in [1.82, 2.24) is 4.57 Å². The van der Waals surface area contributed by atoms with E-state index in [1.807, 2.05) is 41.1 Å². The van der Waals surface area contributed by atoms with Gasteiger partial charge in [-0.2, -0.15) is 0 Å². The van der Waals surface area contributed by atoms with Crippen LogP contribution in [0.3, 0.4) is 0 Å². The van der Waals surface area contributed by atoms with E-state index in [1.54, 1.807) is 29.9 Å². The lowest BCUT2D eigenvalue weighted by Crippen LogP contribution is -2.39. The molecular formula is C20H18N2O4S3. The quantitative estimate of drug-likeness (QED) is 0.431. The Morgan fingerprint density at radius 3 is 2.72 bits per heavy atom. The molecule has 0 saturated carbocycles. The topological polar surface area (TPSA) is 69.9 Å². The smallest absolute Gasteiger partial charge is 0.338 e. The number of aromatic nitrogens is 1. The first-order valence-electron chi connectivity index (χ1n) is 8.85. The molecule has 0 spiro atoms. The van der Waals surface area contributed by atoms with Gasteiger partial charge in [0.15, 0.2) is 4.80 Å². The summed E-state index contributed by atoms with van der Waals surface area (Å²) in [5.74, 6) is -0.478. The Labute approximate surface area is 178 Å². The minimum Gasteiger partial charge on any atom is -0.460 e. The van der Waals surface area contributed by atoms with Crippen molar-refractivity contribution in [3.63, 3.8) is 0 Å². The third-order valence-corrected chi connectivity index (χ3v) is 7.12. The summed E-state index contributed by atoms with van der Waals surface area (Å²) in [4.78, 5) is 33.2. The number of hydrogen-bond acceptors (Lipinski definition) is 8. The van der Waals surface area contributed by atoms with E-state index >= 15 is 0 Å².